The number of methoxy groups -OCH3 is 2. The van der Waals surface area contributed by atoms with E-state index in [1.54, 1.807) is 6.07 Å². The third-order valence-electron chi connectivity index (χ3n) is 12.7. The van der Waals surface area contributed by atoms with Crippen molar-refractivity contribution in [2.45, 2.75) is 94.0 Å². The van der Waals surface area contributed by atoms with Crippen molar-refractivity contribution < 1.29 is 23.2 Å². The number of carbonyl (C=O) groups is 1. The highest BCUT2D eigenvalue weighted by Gasteiger charge is 2.51. The van der Waals surface area contributed by atoms with Gasteiger partial charge in [-0.2, -0.15) is 0 Å². The van der Waals surface area contributed by atoms with Crippen molar-refractivity contribution >= 4 is 38.8 Å². The molecule has 8 atom stereocenters. The van der Waals surface area contributed by atoms with Gasteiger partial charge in [-0.15, -0.1) is 0 Å². The monoisotopic (exact) mass is 708 g/mol. The minimum atomic E-state index is -2.95. The van der Waals surface area contributed by atoms with Crippen LogP contribution in [0.3, 0.4) is 0 Å². The first-order valence-electron chi connectivity index (χ1n) is 18.2. The van der Waals surface area contributed by atoms with Crippen molar-refractivity contribution in [3.63, 3.8) is 0 Å². The maximum Gasteiger partial charge on any atom is 0.262 e. The molecule has 0 saturated heterocycles. The lowest BCUT2D eigenvalue weighted by atomic mass is 9.62. The first-order valence-corrected chi connectivity index (χ1v) is 20.4. The summed E-state index contributed by atoms with van der Waals surface area (Å²) in [7, 11) is 0.758. The Morgan fingerprint density at radius 2 is 1.96 bits per heavy atom. The number of benzene rings is 2. The van der Waals surface area contributed by atoms with Crippen LogP contribution in [-0.4, -0.2) is 66.9 Å². The molecule has 1 amide bonds. The Hall–Kier alpha value is -2.52. The Morgan fingerprint density at radius 1 is 1.14 bits per heavy atom. The van der Waals surface area contributed by atoms with Gasteiger partial charge in [-0.05, 0) is 129 Å². The van der Waals surface area contributed by atoms with Crippen LogP contribution in [0.4, 0.5) is 5.69 Å². The Morgan fingerprint density at radius 3 is 2.67 bits per heavy atom. The third kappa shape index (κ3) is 6.68. The number of rotatable bonds is 5. The molecule has 7 rings (SSSR count). The minimum Gasteiger partial charge on any atom is -0.490 e. The molecule has 2 saturated carbocycles. The van der Waals surface area contributed by atoms with Crippen LogP contribution in [-0.2, 0) is 31.0 Å². The van der Waals surface area contributed by atoms with Crippen LogP contribution >= 0.6 is 11.6 Å². The van der Waals surface area contributed by atoms with E-state index in [0.29, 0.717) is 36.3 Å². The molecule has 1 spiro atoms. The average molecular weight is 709 g/mol. The zero-order valence-electron chi connectivity index (χ0n) is 29.5. The second-order valence-electron chi connectivity index (χ2n) is 15.7. The van der Waals surface area contributed by atoms with Crippen molar-refractivity contribution in [2.24, 2.45) is 23.7 Å². The molecule has 2 aromatic rings. The predicted octanol–water partition coefficient (Wildman–Crippen LogP) is 7.39. The molecule has 2 bridgehead atoms. The maximum atomic E-state index is 14.0. The van der Waals surface area contributed by atoms with Gasteiger partial charge in [-0.3, -0.25) is 9.52 Å². The van der Waals surface area contributed by atoms with Crippen LogP contribution < -0.4 is 14.4 Å². The summed E-state index contributed by atoms with van der Waals surface area (Å²) < 4.78 is 36.3. The summed E-state index contributed by atoms with van der Waals surface area (Å²) in [5, 5.41) is 0.433. The number of ether oxygens (including phenoxy) is 3. The molecular formula is C40H53ClN2O5S. The van der Waals surface area contributed by atoms with Crippen molar-refractivity contribution in [1.29, 1.82) is 0 Å². The molecule has 0 radical (unpaired) electrons. The number of hydrogen-bond acceptors (Lipinski definition) is 6. The number of nitrogens with zero attached hydrogens (tertiary/aromatic N) is 1. The summed E-state index contributed by atoms with van der Waals surface area (Å²) in [6.45, 7) is 6.15. The molecule has 3 aliphatic carbocycles. The first kappa shape index (κ1) is 34.9. The molecule has 2 fully saturated rings. The molecule has 2 heterocycles. The second-order valence-corrected chi connectivity index (χ2v) is 18.5. The number of fused-ring (bicyclic) bond motifs is 4. The molecule has 1 N–H and O–H groups in total. The maximum absolute atomic E-state index is 14.0. The van der Waals surface area contributed by atoms with E-state index in [9.17, 15) is 9.00 Å². The number of aryl methyl sites for hydroxylation is 1. The van der Waals surface area contributed by atoms with Gasteiger partial charge >= 0.3 is 0 Å². The van der Waals surface area contributed by atoms with Crippen LogP contribution in [0.5, 0.6) is 5.75 Å². The molecular weight excluding hydrogens is 656 g/mol. The van der Waals surface area contributed by atoms with Gasteiger partial charge in [0.1, 0.15) is 5.75 Å². The molecule has 266 valence electrons. The number of amides is 1. The van der Waals surface area contributed by atoms with E-state index in [4.69, 9.17) is 25.8 Å². The molecule has 5 aliphatic rings. The van der Waals surface area contributed by atoms with Gasteiger partial charge < -0.3 is 19.1 Å². The lowest BCUT2D eigenvalue weighted by Crippen LogP contribution is -2.54. The largest absolute Gasteiger partial charge is 0.490 e. The fraction of sp³-hybridized carbons (Fsp3) is 0.600. The number of anilines is 1. The highest BCUT2D eigenvalue weighted by Crippen LogP contribution is 2.51. The fourth-order valence-electron chi connectivity index (χ4n) is 9.20. The van der Waals surface area contributed by atoms with Crippen molar-refractivity contribution in [3.8, 4) is 5.75 Å². The SMILES string of the molecule is C=S1(=O)NC(=O)c2ccc3c(c2)N(C[C@@H]2CC[C@H]2[C@@](C[C@@H](OC)C2CC2)(OC)/C=C/C[C@H](C)[C@H]1C)C[C@@]1(CCCc2cc(Cl)ccc21)CO3. The van der Waals surface area contributed by atoms with Gasteiger partial charge in [0, 0.05) is 55.0 Å². The van der Waals surface area contributed by atoms with Crippen molar-refractivity contribution in [2.75, 3.05) is 38.8 Å². The molecule has 2 aromatic carbocycles. The lowest BCUT2D eigenvalue weighted by molar-refractivity contribution is -0.106. The van der Waals surface area contributed by atoms with Crippen LogP contribution in [0, 0.1) is 23.7 Å². The van der Waals surface area contributed by atoms with Crippen molar-refractivity contribution in [3.05, 3.63) is 70.3 Å². The summed E-state index contributed by atoms with van der Waals surface area (Å²) in [5.41, 5.74) is 3.28. The summed E-state index contributed by atoms with van der Waals surface area (Å²) in [6, 6.07) is 12.0. The van der Waals surface area contributed by atoms with E-state index in [0.717, 1.165) is 68.1 Å². The zero-order valence-corrected chi connectivity index (χ0v) is 31.1. The highest BCUT2D eigenvalue weighted by molar-refractivity contribution is 7.99. The summed E-state index contributed by atoms with van der Waals surface area (Å²) in [6.07, 6.45) is 13.9. The van der Waals surface area contributed by atoms with E-state index in [1.165, 1.54) is 24.0 Å². The summed E-state index contributed by atoms with van der Waals surface area (Å²) >= 11 is 6.49. The van der Waals surface area contributed by atoms with Crippen LogP contribution in [0.1, 0.15) is 86.7 Å². The quantitative estimate of drug-likeness (QED) is 0.258. The van der Waals surface area contributed by atoms with E-state index in [-0.39, 0.29) is 28.6 Å². The number of hydrogen-bond donors (Lipinski definition) is 1. The second kappa shape index (κ2) is 13.6. The lowest BCUT2D eigenvalue weighted by Gasteiger charge is -2.51. The number of nitrogens with one attached hydrogen (secondary N) is 1. The topological polar surface area (TPSA) is 77.1 Å². The Bertz CT molecular complexity index is 1710. The van der Waals surface area contributed by atoms with E-state index >= 15 is 0 Å². The fourth-order valence-corrected chi connectivity index (χ4v) is 10.9. The molecule has 49 heavy (non-hydrogen) atoms. The molecule has 7 nitrogen and oxygen atoms in total. The van der Waals surface area contributed by atoms with Gasteiger partial charge in [0.15, 0.2) is 0 Å². The number of carbonyl (C=O) groups excluding carboxylic acids is 1. The Balaban J connectivity index is 1.32. The van der Waals surface area contributed by atoms with E-state index in [2.05, 4.69) is 46.7 Å². The van der Waals surface area contributed by atoms with Gasteiger partial charge in [-0.1, -0.05) is 36.7 Å². The van der Waals surface area contributed by atoms with Crippen LogP contribution in [0.25, 0.3) is 0 Å². The first-order chi connectivity index (χ1) is 23.5. The van der Waals surface area contributed by atoms with Gasteiger partial charge in [-0.25, -0.2) is 4.21 Å². The molecule has 0 aromatic heterocycles. The van der Waals surface area contributed by atoms with Crippen LogP contribution in [0.2, 0.25) is 5.02 Å². The standard InChI is InChI=1S/C40H53ClN2O5S/c1-26-8-6-19-40(47-4,22-37(46-3)28-10-11-28)34-15-12-31(34)23-43-24-39(18-7-9-29-20-32(41)14-16-33(29)39)25-48-36-17-13-30(21-35(36)43)38(44)42-49(5,45)27(26)2/h6,13-14,16-17,19-21,26-28,31,34,37H,5,7-12,15,18,22-25H2,1-4H3,(H,42,44,45)/b19-6+/t26-,27+,31-,34+,37+,39-,40+,49?/m0/s1. The normalized spacial score (nSPS) is 35.9. The third-order valence-corrected chi connectivity index (χ3v) is 15.2. The average Bonchev–Trinajstić information content (AvgIpc) is 3.93. The Labute approximate surface area is 298 Å². The molecule has 2 aliphatic heterocycles. The zero-order chi connectivity index (χ0) is 34.6. The van der Waals surface area contributed by atoms with Gasteiger partial charge in [0.2, 0.25) is 0 Å². The van der Waals surface area contributed by atoms with Crippen molar-refractivity contribution in [1.82, 2.24) is 4.72 Å². The van der Waals surface area contributed by atoms with Gasteiger partial charge in [0.05, 0.1) is 33.7 Å². The minimum absolute atomic E-state index is 0.0308. The molecule has 9 heteroatoms. The Kier molecular flexibility index (Phi) is 9.66. The smallest absolute Gasteiger partial charge is 0.262 e. The summed E-state index contributed by atoms with van der Waals surface area (Å²) in [5.74, 6) is 5.74. The molecule has 1 unspecified atom stereocenters. The van der Waals surface area contributed by atoms with E-state index in [1.807, 2.05) is 39.3 Å². The summed E-state index contributed by atoms with van der Waals surface area (Å²) in [4.78, 5) is 16.2. The number of allylic oxidation sites excluding steroid dienone is 1. The van der Waals surface area contributed by atoms with E-state index < -0.39 is 15.3 Å². The van der Waals surface area contributed by atoms with Gasteiger partial charge in [0.25, 0.3) is 5.91 Å². The predicted molar refractivity (Wildman–Crippen MR) is 199 cm³/mol. The highest BCUT2D eigenvalue weighted by atomic mass is 35.5. The number of halogens is 1. The van der Waals surface area contributed by atoms with Crippen LogP contribution in [0.15, 0.2) is 48.6 Å².